The number of benzene rings is 4. The Balaban J connectivity index is 1.45. The van der Waals surface area contributed by atoms with Crippen LogP contribution in [0, 0.1) is 11.8 Å². The highest BCUT2D eigenvalue weighted by atomic mass is 16.5. The van der Waals surface area contributed by atoms with Crippen molar-refractivity contribution in [2.45, 2.75) is 11.8 Å². The smallest absolute Gasteiger partial charge is 0.188 e. The third-order valence-corrected chi connectivity index (χ3v) is 6.24. The number of nitrogens with one attached hydrogen (secondary N) is 1. The van der Waals surface area contributed by atoms with Crippen LogP contribution in [0.2, 0.25) is 0 Å². The number of hydrogen-bond acceptors (Lipinski definition) is 3. The van der Waals surface area contributed by atoms with Crippen molar-refractivity contribution < 1.29 is 9.15 Å². The van der Waals surface area contributed by atoms with E-state index in [2.05, 4.69) is 59.6 Å². The second kappa shape index (κ2) is 9.02. The van der Waals surface area contributed by atoms with Crippen molar-refractivity contribution in [2.24, 2.45) is 0 Å². The second-order valence-electron chi connectivity index (χ2n) is 8.42. The quantitative estimate of drug-likeness (QED) is 0.296. The molecule has 0 spiro atoms. The van der Waals surface area contributed by atoms with Crippen molar-refractivity contribution in [3.8, 4) is 11.8 Å². The highest BCUT2D eigenvalue weighted by Crippen LogP contribution is 2.50. The van der Waals surface area contributed by atoms with E-state index in [1.807, 2.05) is 84.9 Å². The zero-order valence-electron chi connectivity index (χ0n) is 19.0. The molecule has 1 aromatic heterocycles. The average molecular weight is 454 g/mol. The van der Waals surface area contributed by atoms with Crippen LogP contribution in [0.4, 0.5) is 5.69 Å². The van der Waals surface area contributed by atoms with E-state index >= 15 is 0 Å². The van der Waals surface area contributed by atoms with Crippen LogP contribution in [0.25, 0.3) is 0 Å². The summed E-state index contributed by atoms with van der Waals surface area (Å²) in [5, 5.41) is 3.53. The highest BCUT2D eigenvalue weighted by molar-refractivity contribution is 5.63. The Bertz CT molecular complexity index is 1460. The number of ether oxygens (including phenoxy) is 1. The van der Waals surface area contributed by atoms with Gasteiger partial charge in [0.2, 0.25) is 0 Å². The molecule has 4 aromatic carbocycles. The number of fused-ring (bicyclic) bond motifs is 1. The summed E-state index contributed by atoms with van der Waals surface area (Å²) < 4.78 is 13.1. The lowest BCUT2D eigenvalue weighted by Crippen LogP contribution is -2.40. The van der Waals surface area contributed by atoms with Gasteiger partial charge in [-0.1, -0.05) is 103 Å². The summed E-state index contributed by atoms with van der Waals surface area (Å²) in [5.74, 6) is 7.55. The highest BCUT2D eigenvalue weighted by Gasteiger charge is 2.45. The summed E-state index contributed by atoms with van der Waals surface area (Å²) in [6.07, 6.45) is -0.502. The molecule has 1 N–H and O–H groups in total. The van der Waals surface area contributed by atoms with Gasteiger partial charge >= 0.3 is 0 Å². The van der Waals surface area contributed by atoms with E-state index in [0.29, 0.717) is 11.5 Å². The molecule has 0 amide bonds. The summed E-state index contributed by atoms with van der Waals surface area (Å²) in [5.41, 5.74) is 4.31. The standard InChI is InChI=1S/C32H23NO2/c1-4-12-24(13-5-1)20-21-27-22-23-30(34-27)31-33-29-19-11-10-18-28(29)32(35-31,25-14-6-2-7-15-25)26-16-8-3-9-17-26/h1-19,22-23,31,33H. The summed E-state index contributed by atoms with van der Waals surface area (Å²) >= 11 is 0. The zero-order valence-corrected chi connectivity index (χ0v) is 19.0. The number of para-hydroxylation sites is 1. The molecule has 0 fully saturated rings. The fraction of sp³-hybridized carbons (Fsp3) is 0.0625. The number of furan rings is 1. The van der Waals surface area contributed by atoms with Gasteiger partial charge in [0.1, 0.15) is 5.60 Å². The van der Waals surface area contributed by atoms with Gasteiger partial charge in [-0.05, 0) is 47.4 Å². The SMILES string of the molecule is C(#Cc1ccc(C2Nc3ccccc3C(c3ccccc3)(c3ccccc3)O2)o1)c1ccccc1. The van der Waals surface area contributed by atoms with E-state index in [-0.39, 0.29) is 0 Å². The molecule has 2 heterocycles. The van der Waals surface area contributed by atoms with Crippen molar-refractivity contribution in [2.75, 3.05) is 5.32 Å². The van der Waals surface area contributed by atoms with Gasteiger partial charge in [-0.25, -0.2) is 0 Å². The van der Waals surface area contributed by atoms with Crippen LogP contribution in [0.15, 0.2) is 132 Å². The Morgan fingerprint density at radius 1 is 0.600 bits per heavy atom. The van der Waals surface area contributed by atoms with Crippen LogP contribution in [-0.2, 0) is 10.3 Å². The maximum Gasteiger partial charge on any atom is 0.188 e. The first kappa shape index (κ1) is 21.0. The van der Waals surface area contributed by atoms with E-state index < -0.39 is 11.8 Å². The number of rotatable bonds is 3. The summed E-state index contributed by atoms with van der Waals surface area (Å²) in [7, 11) is 0. The van der Waals surface area contributed by atoms with Gasteiger partial charge in [-0.3, -0.25) is 0 Å². The number of hydrogen-bond donors (Lipinski definition) is 1. The molecule has 1 aliphatic rings. The van der Waals surface area contributed by atoms with Crippen molar-refractivity contribution in [1.29, 1.82) is 0 Å². The molecule has 0 aliphatic carbocycles. The first-order chi connectivity index (χ1) is 17.3. The molecule has 0 radical (unpaired) electrons. The summed E-state index contributed by atoms with van der Waals surface area (Å²) in [4.78, 5) is 0. The van der Waals surface area contributed by atoms with Gasteiger partial charge < -0.3 is 14.5 Å². The topological polar surface area (TPSA) is 34.4 Å². The van der Waals surface area contributed by atoms with Crippen LogP contribution < -0.4 is 5.32 Å². The van der Waals surface area contributed by atoms with Gasteiger partial charge in [-0.2, -0.15) is 0 Å². The lowest BCUT2D eigenvalue weighted by molar-refractivity contribution is -0.0521. The molecule has 168 valence electrons. The molecule has 1 atom stereocenters. The minimum atomic E-state index is -0.808. The van der Waals surface area contributed by atoms with E-state index in [1.54, 1.807) is 0 Å². The lowest BCUT2D eigenvalue weighted by Gasteiger charge is -2.43. The molecule has 0 bridgehead atoms. The van der Waals surface area contributed by atoms with Crippen LogP contribution >= 0.6 is 0 Å². The molecule has 5 aromatic rings. The van der Waals surface area contributed by atoms with Crippen LogP contribution in [-0.4, -0.2) is 0 Å². The fourth-order valence-corrected chi connectivity index (χ4v) is 4.63. The van der Waals surface area contributed by atoms with E-state index in [0.717, 1.165) is 27.9 Å². The summed E-state index contributed by atoms with van der Waals surface area (Å²) in [6.45, 7) is 0. The van der Waals surface area contributed by atoms with Crippen molar-refractivity contribution in [3.05, 3.63) is 161 Å². The molecule has 0 saturated carbocycles. The van der Waals surface area contributed by atoms with E-state index in [1.165, 1.54) is 0 Å². The average Bonchev–Trinajstić information content (AvgIpc) is 3.42. The fourth-order valence-electron chi connectivity index (χ4n) is 4.63. The molecule has 0 saturated heterocycles. The van der Waals surface area contributed by atoms with Crippen LogP contribution in [0.3, 0.4) is 0 Å². The maximum absolute atomic E-state index is 6.98. The molecule has 6 rings (SSSR count). The summed E-state index contributed by atoms with van der Waals surface area (Å²) in [6, 6.07) is 42.7. The van der Waals surface area contributed by atoms with Gasteiger partial charge in [0.15, 0.2) is 17.7 Å². The van der Waals surface area contributed by atoms with E-state index in [9.17, 15) is 0 Å². The van der Waals surface area contributed by atoms with Crippen LogP contribution in [0.1, 0.15) is 40.0 Å². The molecule has 35 heavy (non-hydrogen) atoms. The predicted molar refractivity (Wildman–Crippen MR) is 138 cm³/mol. The Morgan fingerprint density at radius 2 is 1.20 bits per heavy atom. The Hall–Kier alpha value is -4.52. The lowest BCUT2D eigenvalue weighted by atomic mass is 9.78. The minimum absolute atomic E-state index is 0.502. The third-order valence-electron chi connectivity index (χ3n) is 6.24. The monoisotopic (exact) mass is 453 g/mol. The molecule has 3 nitrogen and oxygen atoms in total. The molecule has 1 unspecified atom stereocenters. The van der Waals surface area contributed by atoms with Gasteiger partial charge in [0.05, 0.1) is 0 Å². The van der Waals surface area contributed by atoms with Gasteiger partial charge in [-0.15, -0.1) is 0 Å². The van der Waals surface area contributed by atoms with Crippen molar-refractivity contribution >= 4 is 5.69 Å². The molecular weight excluding hydrogens is 430 g/mol. The Morgan fingerprint density at radius 3 is 1.89 bits per heavy atom. The normalized spacial score (nSPS) is 15.8. The van der Waals surface area contributed by atoms with Gasteiger partial charge in [0, 0.05) is 16.8 Å². The maximum atomic E-state index is 6.98. The van der Waals surface area contributed by atoms with Crippen LogP contribution in [0.5, 0.6) is 0 Å². The van der Waals surface area contributed by atoms with Gasteiger partial charge in [0.25, 0.3) is 0 Å². The third kappa shape index (κ3) is 3.91. The predicted octanol–water partition coefficient (Wildman–Crippen LogP) is 7.11. The first-order valence-electron chi connectivity index (χ1n) is 11.6. The molecule has 3 heteroatoms. The largest absolute Gasteiger partial charge is 0.448 e. The van der Waals surface area contributed by atoms with E-state index in [4.69, 9.17) is 9.15 Å². The molecular formula is C32H23NO2. The Labute approximate surface area is 205 Å². The zero-order chi connectivity index (χ0) is 23.5. The molecule has 1 aliphatic heterocycles. The Kier molecular flexibility index (Phi) is 5.42. The van der Waals surface area contributed by atoms with Crippen molar-refractivity contribution in [3.63, 3.8) is 0 Å². The van der Waals surface area contributed by atoms with Crippen molar-refractivity contribution in [1.82, 2.24) is 0 Å². The minimum Gasteiger partial charge on any atom is -0.448 e. The first-order valence-corrected chi connectivity index (χ1v) is 11.6. The second-order valence-corrected chi connectivity index (χ2v) is 8.42. The number of anilines is 1.